The van der Waals surface area contributed by atoms with Gasteiger partial charge in [0.1, 0.15) is 5.75 Å². The maximum atomic E-state index is 12.2. The van der Waals surface area contributed by atoms with E-state index in [2.05, 4.69) is 5.32 Å². The number of carboxylic acids is 1. The Bertz CT molecular complexity index is 701. The lowest BCUT2D eigenvalue weighted by atomic mass is 10.0. The Morgan fingerprint density at radius 3 is 2.29 bits per heavy atom. The van der Waals surface area contributed by atoms with Crippen LogP contribution in [0.2, 0.25) is 0 Å². The number of hydrogen-bond acceptors (Lipinski definition) is 6. The van der Waals surface area contributed by atoms with E-state index in [0.717, 1.165) is 0 Å². The van der Waals surface area contributed by atoms with Gasteiger partial charge in [-0.2, -0.15) is 0 Å². The Labute approximate surface area is 164 Å². The number of nitrogens with zero attached hydrogens (tertiary/aromatic N) is 3. The highest BCUT2D eigenvalue weighted by atomic mass is 16.4. The van der Waals surface area contributed by atoms with Crippen molar-refractivity contribution in [1.82, 2.24) is 14.7 Å². The molecule has 154 valence electrons. The quantitative estimate of drug-likeness (QED) is 0.539. The van der Waals surface area contributed by atoms with Crippen molar-refractivity contribution >= 4 is 23.5 Å². The number of rotatable bonds is 8. The van der Waals surface area contributed by atoms with Gasteiger partial charge in [-0.15, -0.1) is 0 Å². The lowest BCUT2D eigenvalue weighted by molar-refractivity contribution is -0.144. The molecular formula is C19H28N4O5. The zero-order chi connectivity index (χ0) is 20.7. The van der Waals surface area contributed by atoms with E-state index in [0.29, 0.717) is 32.7 Å². The molecule has 0 aliphatic carbocycles. The van der Waals surface area contributed by atoms with Gasteiger partial charge in [0.05, 0.1) is 18.2 Å². The number of aliphatic carboxylic acids is 1. The molecule has 1 aromatic carbocycles. The molecule has 0 radical (unpaired) electrons. The van der Waals surface area contributed by atoms with Crippen LogP contribution in [0.5, 0.6) is 5.75 Å². The fourth-order valence-electron chi connectivity index (χ4n) is 3.01. The Balaban J connectivity index is 1.83. The molecule has 1 aliphatic rings. The highest BCUT2D eigenvalue weighted by Gasteiger charge is 2.27. The van der Waals surface area contributed by atoms with Crippen LogP contribution in [-0.2, 0) is 14.4 Å². The Morgan fingerprint density at radius 2 is 1.71 bits per heavy atom. The van der Waals surface area contributed by atoms with Crippen LogP contribution in [0.15, 0.2) is 24.3 Å². The summed E-state index contributed by atoms with van der Waals surface area (Å²) in [7, 11) is 3.44. The number of aromatic hydroxyl groups is 1. The minimum absolute atomic E-state index is 0.0395. The molecule has 1 saturated heterocycles. The van der Waals surface area contributed by atoms with Crippen molar-refractivity contribution in [1.29, 1.82) is 0 Å². The van der Waals surface area contributed by atoms with E-state index in [4.69, 9.17) is 0 Å². The summed E-state index contributed by atoms with van der Waals surface area (Å²) in [5.41, 5.74) is 0.260. The van der Waals surface area contributed by atoms with Gasteiger partial charge in [-0.25, -0.2) is 0 Å². The summed E-state index contributed by atoms with van der Waals surface area (Å²) < 4.78 is 0. The van der Waals surface area contributed by atoms with Gasteiger partial charge in [-0.05, 0) is 12.1 Å². The molecule has 3 N–H and O–H groups in total. The van der Waals surface area contributed by atoms with Gasteiger partial charge in [0.2, 0.25) is 11.8 Å². The Morgan fingerprint density at radius 1 is 1.11 bits per heavy atom. The number of carboxylic acid groups (broad SMARTS) is 1. The van der Waals surface area contributed by atoms with Crippen molar-refractivity contribution in [3.05, 3.63) is 24.3 Å². The van der Waals surface area contributed by atoms with Crippen molar-refractivity contribution in [2.45, 2.75) is 6.42 Å². The molecule has 1 aromatic rings. The number of anilines is 1. The number of carbonyl (C=O) groups is 3. The summed E-state index contributed by atoms with van der Waals surface area (Å²) >= 11 is 0. The summed E-state index contributed by atoms with van der Waals surface area (Å²) in [6.45, 7) is 3.26. The van der Waals surface area contributed by atoms with Crippen LogP contribution in [0.1, 0.15) is 6.42 Å². The van der Waals surface area contributed by atoms with Crippen LogP contribution in [-0.4, -0.2) is 96.1 Å². The second kappa shape index (κ2) is 10.0. The zero-order valence-corrected chi connectivity index (χ0v) is 16.3. The van der Waals surface area contributed by atoms with Gasteiger partial charge < -0.3 is 20.4 Å². The molecule has 0 spiro atoms. The molecule has 1 fully saturated rings. The van der Waals surface area contributed by atoms with E-state index in [-0.39, 0.29) is 30.3 Å². The first kappa shape index (κ1) is 21.6. The average Bonchev–Trinajstić information content (AvgIpc) is 2.64. The van der Waals surface area contributed by atoms with Crippen molar-refractivity contribution < 1.29 is 24.6 Å². The summed E-state index contributed by atoms with van der Waals surface area (Å²) in [6, 6.07) is 6.31. The van der Waals surface area contributed by atoms with E-state index in [1.807, 2.05) is 9.80 Å². The lowest BCUT2D eigenvalue weighted by Gasteiger charge is -2.35. The number of likely N-dealkylation sites (N-methyl/N-ethyl adjacent to an activating group) is 1. The SMILES string of the molecule is CN(C)C(=O)CN1CCN(C[C@@H](CC(=O)Nc2ccccc2O)C(=O)O)CC1. The van der Waals surface area contributed by atoms with Crippen molar-refractivity contribution in [2.75, 3.05) is 58.7 Å². The predicted molar refractivity (Wildman–Crippen MR) is 104 cm³/mol. The van der Waals surface area contributed by atoms with Crippen molar-refractivity contribution in [3.8, 4) is 5.75 Å². The molecule has 0 bridgehead atoms. The third-order valence-electron chi connectivity index (χ3n) is 4.76. The first-order valence-electron chi connectivity index (χ1n) is 9.21. The summed E-state index contributed by atoms with van der Waals surface area (Å²) in [6.07, 6.45) is -0.178. The zero-order valence-electron chi connectivity index (χ0n) is 16.3. The van der Waals surface area contributed by atoms with E-state index >= 15 is 0 Å². The molecule has 0 unspecified atom stereocenters. The third kappa shape index (κ3) is 6.50. The van der Waals surface area contributed by atoms with E-state index in [1.165, 1.54) is 6.07 Å². The molecule has 0 aromatic heterocycles. The minimum Gasteiger partial charge on any atom is -0.506 e. The van der Waals surface area contributed by atoms with Gasteiger partial charge in [0.25, 0.3) is 0 Å². The highest BCUT2D eigenvalue weighted by Crippen LogP contribution is 2.22. The van der Waals surface area contributed by atoms with Crippen LogP contribution in [0.3, 0.4) is 0 Å². The van der Waals surface area contributed by atoms with Gasteiger partial charge in [-0.3, -0.25) is 24.2 Å². The monoisotopic (exact) mass is 392 g/mol. The number of carbonyl (C=O) groups excluding carboxylic acids is 2. The second-order valence-electron chi connectivity index (χ2n) is 7.17. The maximum absolute atomic E-state index is 12.2. The number of para-hydroxylation sites is 2. The van der Waals surface area contributed by atoms with Crippen LogP contribution in [0, 0.1) is 5.92 Å². The number of piperazine rings is 1. The number of amides is 2. The average molecular weight is 392 g/mol. The first-order valence-corrected chi connectivity index (χ1v) is 9.21. The maximum Gasteiger partial charge on any atom is 0.308 e. The first-order chi connectivity index (χ1) is 13.3. The topological polar surface area (TPSA) is 113 Å². The molecule has 2 amide bonds. The van der Waals surface area contributed by atoms with E-state index in [9.17, 15) is 24.6 Å². The molecule has 1 aliphatic heterocycles. The van der Waals surface area contributed by atoms with Crippen LogP contribution in [0.4, 0.5) is 5.69 Å². The Hall–Kier alpha value is -2.65. The smallest absolute Gasteiger partial charge is 0.308 e. The fraction of sp³-hybridized carbons (Fsp3) is 0.526. The summed E-state index contributed by atoms with van der Waals surface area (Å²) in [4.78, 5) is 41.2. The number of benzene rings is 1. The number of hydrogen-bond donors (Lipinski definition) is 3. The van der Waals surface area contributed by atoms with Crippen LogP contribution >= 0.6 is 0 Å². The molecule has 9 heteroatoms. The molecule has 1 heterocycles. The van der Waals surface area contributed by atoms with Crippen LogP contribution in [0.25, 0.3) is 0 Å². The second-order valence-corrected chi connectivity index (χ2v) is 7.17. The molecule has 1 atom stereocenters. The Kier molecular flexibility index (Phi) is 7.77. The number of phenolic OH excluding ortho intramolecular Hbond substituents is 1. The molecule has 2 rings (SSSR count). The van der Waals surface area contributed by atoms with Gasteiger partial charge in [0, 0.05) is 53.2 Å². The minimum atomic E-state index is -1.03. The standard InChI is InChI=1S/C19H28N4O5/c1-21(2)18(26)13-23-9-7-22(8-10-23)12-14(19(27)28)11-17(25)20-15-5-3-4-6-16(15)24/h3-6,14,24H,7-13H2,1-2H3,(H,20,25)(H,27,28)/t14-/m1/s1. The fourth-order valence-corrected chi connectivity index (χ4v) is 3.01. The normalized spacial score (nSPS) is 16.4. The number of nitrogens with one attached hydrogen (secondary N) is 1. The summed E-state index contributed by atoms with van der Waals surface area (Å²) in [5.74, 6) is -2.36. The highest BCUT2D eigenvalue weighted by molar-refractivity contribution is 5.94. The molecule has 0 saturated carbocycles. The van der Waals surface area contributed by atoms with E-state index in [1.54, 1.807) is 37.2 Å². The van der Waals surface area contributed by atoms with E-state index < -0.39 is 17.8 Å². The van der Waals surface area contributed by atoms with Crippen molar-refractivity contribution in [2.24, 2.45) is 5.92 Å². The van der Waals surface area contributed by atoms with Gasteiger partial charge >= 0.3 is 5.97 Å². The largest absolute Gasteiger partial charge is 0.506 e. The molecule has 9 nitrogen and oxygen atoms in total. The van der Waals surface area contributed by atoms with Gasteiger partial charge in [-0.1, -0.05) is 12.1 Å². The van der Waals surface area contributed by atoms with Crippen LogP contribution < -0.4 is 5.32 Å². The summed E-state index contributed by atoms with van der Waals surface area (Å²) in [5, 5.41) is 21.8. The van der Waals surface area contributed by atoms with Crippen molar-refractivity contribution in [3.63, 3.8) is 0 Å². The van der Waals surface area contributed by atoms with Gasteiger partial charge in [0.15, 0.2) is 0 Å². The lowest BCUT2D eigenvalue weighted by Crippen LogP contribution is -2.50. The number of phenols is 1. The molecule has 28 heavy (non-hydrogen) atoms. The predicted octanol–water partition coefficient (Wildman–Crippen LogP) is 0.127. The molecular weight excluding hydrogens is 364 g/mol. The third-order valence-corrected chi connectivity index (χ3v) is 4.76.